The summed E-state index contributed by atoms with van der Waals surface area (Å²) in [6.45, 7) is 5.56. The number of ether oxygens (including phenoxy) is 1. The lowest BCUT2D eigenvalue weighted by atomic mass is 10.0. The van der Waals surface area contributed by atoms with E-state index in [1.165, 1.54) is 12.0 Å². The Morgan fingerprint density at radius 3 is 2.44 bits per heavy atom. The number of hydrogen-bond donors (Lipinski definition) is 1. The number of hydrogen-bond acceptors (Lipinski definition) is 5. The fourth-order valence-electron chi connectivity index (χ4n) is 3.13. The zero-order chi connectivity index (χ0) is 19.9. The van der Waals surface area contributed by atoms with Gasteiger partial charge in [-0.2, -0.15) is 5.26 Å². The third-order valence-corrected chi connectivity index (χ3v) is 5.12. The summed E-state index contributed by atoms with van der Waals surface area (Å²) >= 11 is 5.65. The molecule has 1 heterocycles. The van der Waals surface area contributed by atoms with Gasteiger partial charge >= 0.3 is 0 Å². The Balaban J connectivity index is 2.09. The number of carbonyl (C=O) groups excluding carboxylic acids is 1. The van der Waals surface area contributed by atoms with Crippen molar-refractivity contribution in [3.63, 3.8) is 0 Å². The van der Waals surface area contributed by atoms with Crippen LogP contribution in [-0.2, 0) is 4.79 Å². The Morgan fingerprint density at radius 2 is 1.85 bits per heavy atom. The van der Waals surface area contributed by atoms with E-state index in [0.29, 0.717) is 27.8 Å². The number of rotatable bonds is 3. The number of thiocarbonyl (C=S) groups is 1. The monoisotopic (exact) mass is 380 g/mol. The average molecular weight is 380 g/mol. The highest BCUT2D eigenvalue weighted by Crippen LogP contribution is 2.38. The Labute approximate surface area is 163 Å². The summed E-state index contributed by atoms with van der Waals surface area (Å²) in [6, 6.07) is 12.6. The van der Waals surface area contributed by atoms with E-state index in [1.807, 2.05) is 39.0 Å². The number of aryl methyl sites for hydroxylation is 1. The van der Waals surface area contributed by atoms with Crippen molar-refractivity contribution in [3.8, 4) is 11.8 Å². The summed E-state index contributed by atoms with van der Waals surface area (Å²) in [4.78, 5) is 16.5. The van der Waals surface area contributed by atoms with Gasteiger partial charge in [-0.15, -0.1) is 0 Å². The SMILES string of the molecule is COc1cc(N2C(=O)C(C)(C)N(c3ccc(C)c(N)c3)C2=S)ccc1C#N. The summed E-state index contributed by atoms with van der Waals surface area (Å²) in [7, 11) is 1.48. The highest BCUT2D eigenvalue weighted by atomic mass is 32.1. The van der Waals surface area contributed by atoms with Crippen LogP contribution in [0.2, 0.25) is 0 Å². The predicted molar refractivity (Wildman–Crippen MR) is 110 cm³/mol. The number of benzene rings is 2. The molecule has 7 heteroatoms. The van der Waals surface area contributed by atoms with Crippen LogP contribution in [0.1, 0.15) is 25.0 Å². The molecule has 0 unspecified atom stereocenters. The molecule has 0 saturated carbocycles. The van der Waals surface area contributed by atoms with Crippen LogP contribution in [0.5, 0.6) is 5.75 Å². The summed E-state index contributed by atoms with van der Waals surface area (Å²) in [6.07, 6.45) is 0. The van der Waals surface area contributed by atoms with Crippen LogP contribution >= 0.6 is 12.2 Å². The predicted octanol–water partition coefficient (Wildman–Crippen LogP) is 3.37. The number of amides is 1. The number of nitrogens with zero attached hydrogens (tertiary/aromatic N) is 3. The lowest BCUT2D eigenvalue weighted by Crippen LogP contribution is -2.44. The first kappa shape index (κ1) is 18.7. The van der Waals surface area contributed by atoms with E-state index >= 15 is 0 Å². The second kappa shape index (κ2) is 6.56. The maximum atomic E-state index is 13.2. The van der Waals surface area contributed by atoms with Crippen molar-refractivity contribution >= 4 is 40.3 Å². The molecule has 27 heavy (non-hydrogen) atoms. The zero-order valence-electron chi connectivity index (χ0n) is 15.6. The van der Waals surface area contributed by atoms with Gasteiger partial charge in [0.2, 0.25) is 0 Å². The zero-order valence-corrected chi connectivity index (χ0v) is 16.4. The van der Waals surface area contributed by atoms with Gasteiger partial charge in [0.15, 0.2) is 5.11 Å². The molecular formula is C20H20N4O2S. The van der Waals surface area contributed by atoms with Crippen molar-refractivity contribution in [3.05, 3.63) is 47.5 Å². The molecule has 0 atom stereocenters. The van der Waals surface area contributed by atoms with Gasteiger partial charge in [0.25, 0.3) is 5.91 Å². The molecule has 2 aromatic rings. The normalized spacial score (nSPS) is 15.8. The minimum Gasteiger partial charge on any atom is -0.495 e. The first-order chi connectivity index (χ1) is 12.7. The van der Waals surface area contributed by atoms with E-state index < -0.39 is 5.54 Å². The van der Waals surface area contributed by atoms with Gasteiger partial charge in [-0.1, -0.05) is 6.07 Å². The molecule has 1 aliphatic heterocycles. The number of nitrogen functional groups attached to an aromatic ring is 1. The first-order valence-corrected chi connectivity index (χ1v) is 8.76. The molecule has 2 aromatic carbocycles. The first-order valence-electron chi connectivity index (χ1n) is 8.35. The lowest BCUT2D eigenvalue weighted by molar-refractivity contribution is -0.120. The number of carbonyl (C=O) groups is 1. The Hall–Kier alpha value is -3.11. The average Bonchev–Trinajstić information content (AvgIpc) is 2.81. The van der Waals surface area contributed by atoms with Gasteiger partial charge in [-0.05, 0) is 62.8 Å². The van der Waals surface area contributed by atoms with Crippen LogP contribution in [0.4, 0.5) is 17.1 Å². The van der Waals surface area contributed by atoms with Crippen molar-refractivity contribution in [2.45, 2.75) is 26.3 Å². The molecule has 1 saturated heterocycles. The van der Waals surface area contributed by atoms with Crippen LogP contribution in [-0.4, -0.2) is 23.7 Å². The number of methoxy groups -OCH3 is 1. The van der Waals surface area contributed by atoms with Crippen LogP contribution in [0.25, 0.3) is 0 Å². The van der Waals surface area contributed by atoms with E-state index in [0.717, 1.165) is 11.3 Å². The Kier molecular flexibility index (Phi) is 4.54. The van der Waals surface area contributed by atoms with Gasteiger partial charge in [-0.3, -0.25) is 9.69 Å². The molecule has 1 amide bonds. The number of nitrogens with two attached hydrogens (primary N) is 1. The van der Waals surface area contributed by atoms with Gasteiger partial charge in [-0.25, -0.2) is 0 Å². The van der Waals surface area contributed by atoms with Crippen molar-refractivity contribution in [2.75, 3.05) is 22.6 Å². The Bertz CT molecular complexity index is 994. The maximum Gasteiger partial charge on any atom is 0.259 e. The van der Waals surface area contributed by atoms with Gasteiger partial charge in [0.1, 0.15) is 17.4 Å². The minimum atomic E-state index is -0.889. The maximum absolute atomic E-state index is 13.2. The van der Waals surface area contributed by atoms with Gasteiger partial charge in [0.05, 0.1) is 18.4 Å². The minimum absolute atomic E-state index is 0.168. The third kappa shape index (κ3) is 2.88. The van der Waals surface area contributed by atoms with E-state index in [2.05, 4.69) is 6.07 Å². The van der Waals surface area contributed by atoms with Crippen LogP contribution in [0.3, 0.4) is 0 Å². The topological polar surface area (TPSA) is 82.6 Å². The molecule has 3 rings (SSSR count). The highest BCUT2D eigenvalue weighted by Gasteiger charge is 2.50. The number of nitriles is 1. The third-order valence-electron chi connectivity index (χ3n) is 4.75. The van der Waals surface area contributed by atoms with Crippen molar-refractivity contribution < 1.29 is 9.53 Å². The van der Waals surface area contributed by atoms with Crippen LogP contribution in [0, 0.1) is 18.3 Å². The smallest absolute Gasteiger partial charge is 0.259 e. The van der Waals surface area contributed by atoms with E-state index in [1.54, 1.807) is 23.1 Å². The summed E-state index contributed by atoms with van der Waals surface area (Å²) in [5, 5.41) is 9.52. The fraction of sp³-hybridized carbons (Fsp3) is 0.250. The molecule has 138 valence electrons. The van der Waals surface area contributed by atoms with E-state index in [4.69, 9.17) is 22.7 Å². The molecule has 0 bridgehead atoms. The highest BCUT2D eigenvalue weighted by molar-refractivity contribution is 7.81. The van der Waals surface area contributed by atoms with E-state index in [-0.39, 0.29) is 5.91 Å². The van der Waals surface area contributed by atoms with E-state index in [9.17, 15) is 10.1 Å². The van der Waals surface area contributed by atoms with Gasteiger partial charge in [0, 0.05) is 17.4 Å². The van der Waals surface area contributed by atoms with Crippen molar-refractivity contribution in [2.24, 2.45) is 0 Å². The molecule has 1 fully saturated rings. The summed E-state index contributed by atoms with van der Waals surface area (Å²) < 4.78 is 5.27. The second-order valence-electron chi connectivity index (χ2n) is 6.85. The van der Waals surface area contributed by atoms with Gasteiger partial charge < -0.3 is 15.4 Å². The summed E-state index contributed by atoms with van der Waals surface area (Å²) in [5.74, 6) is 0.222. The quantitative estimate of drug-likeness (QED) is 0.649. The molecular weight excluding hydrogens is 360 g/mol. The van der Waals surface area contributed by atoms with Crippen LogP contribution < -0.4 is 20.3 Å². The standard InChI is InChI=1S/C20H20N4O2S/c1-12-5-7-15(9-16(12)22)24-19(27)23(18(25)20(24,2)3)14-8-6-13(11-21)17(10-14)26-4/h5-10H,22H2,1-4H3. The molecule has 2 N–H and O–H groups in total. The molecule has 6 nitrogen and oxygen atoms in total. The van der Waals surface area contributed by atoms with Crippen molar-refractivity contribution in [1.29, 1.82) is 5.26 Å². The molecule has 1 aliphatic rings. The van der Waals surface area contributed by atoms with Crippen LogP contribution in [0.15, 0.2) is 36.4 Å². The number of anilines is 3. The molecule has 0 radical (unpaired) electrons. The second-order valence-corrected chi connectivity index (χ2v) is 7.22. The Morgan fingerprint density at radius 1 is 1.19 bits per heavy atom. The molecule has 0 spiro atoms. The molecule has 0 aromatic heterocycles. The van der Waals surface area contributed by atoms with Crippen molar-refractivity contribution in [1.82, 2.24) is 0 Å². The largest absolute Gasteiger partial charge is 0.495 e. The summed E-state index contributed by atoms with van der Waals surface area (Å²) in [5.41, 5.74) is 8.46. The lowest BCUT2D eigenvalue weighted by Gasteiger charge is -2.29. The molecule has 0 aliphatic carbocycles. The fourth-order valence-corrected chi connectivity index (χ4v) is 3.66.